The SMILES string of the molecule is COc1nc(C(F)(F)F)ccc1-c1cc(C)c(S(N)(=O)=O)cc1C. The highest BCUT2D eigenvalue weighted by Crippen LogP contribution is 2.36. The minimum absolute atomic E-state index is 0.0393. The number of nitrogens with two attached hydrogens (primary N) is 1. The number of alkyl halides is 3. The average molecular weight is 360 g/mol. The molecule has 0 atom stereocenters. The van der Waals surface area contributed by atoms with Gasteiger partial charge in [-0.15, -0.1) is 0 Å². The van der Waals surface area contributed by atoms with Gasteiger partial charge in [-0.05, 0) is 54.8 Å². The van der Waals surface area contributed by atoms with E-state index in [1.54, 1.807) is 13.8 Å². The Balaban J connectivity index is 2.67. The van der Waals surface area contributed by atoms with Gasteiger partial charge in [0.15, 0.2) is 0 Å². The Morgan fingerprint density at radius 2 is 1.71 bits per heavy atom. The molecule has 2 N–H and O–H groups in total. The molecule has 1 aromatic heterocycles. The molecule has 0 aliphatic rings. The maximum absolute atomic E-state index is 12.8. The molecule has 0 saturated heterocycles. The van der Waals surface area contributed by atoms with E-state index in [1.807, 2.05) is 0 Å². The van der Waals surface area contributed by atoms with E-state index in [0.717, 1.165) is 6.07 Å². The van der Waals surface area contributed by atoms with E-state index >= 15 is 0 Å². The highest BCUT2D eigenvalue weighted by Gasteiger charge is 2.33. The fraction of sp³-hybridized carbons (Fsp3) is 0.267. The lowest BCUT2D eigenvalue weighted by Crippen LogP contribution is -2.14. The molecule has 0 aliphatic carbocycles. The zero-order chi connectivity index (χ0) is 18.3. The van der Waals surface area contributed by atoms with Crippen molar-refractivity contribution in [1.29, 1.82) is 0 Å². The van der Waals surface area contributed by atoms with E-state index in [0.29, 0.717) is 22.3 Å². The topological polar surface area (TPSA) is 82.3 Å². The molecule has 130 valence electrons. The minimum Gasteiger partial charge on any atom is -0.481 e. The summed E-state index contributed by atoms with van der Waals surface area (Å²) >= 11 is 0. The van der Waals surface area contributed by atoms with E-state index in [4.69, 9.17) is 9.88 Å². The first-order chi connectivity index (χ1) is 10.9. The molecule has 0 fully saturated rings. The fourth-order valence-corrected chi connectivity index (χ4v) is 3.19. The van der Waals surface area contributed by atoms with Gasteiger partial charge in [0.1, 0.15) is 5.69 Å². The number of ether oxygens (including phenoxy) is 1. The highest BCUT2D eigenvalue weighted by atomic mass is 32.2. The predicted octanol–water partition coefficient (Wildman–Crippen LogP) is 3.04. The van der Waals surface area contributed by atoms with Crippen LogP contribution in [0.25, 0.3) is 11.1 Å². The molecular formula is C15H15F3N2O3S. The standard InChI is InChI=1S/C15H15F3N2O3S/c1-8-7-12(24(19,21)22)9(2)6-11(8)10-4-5-13(15(16,17)18)20-14(10)23-3/h4-7H,1-3H3,(H2,19,21,22). The normalized spacial score (nSPS) is 12.3. The quantitative estimate of drug-likeness (QED) is 0.912. The molecule has 9 heteroatoms. The summed E-state index contributed by atoms with van der Waals surface area (Å²) in [6.45, 7) is 3.17. The van der Waals surface area contributed by atoms with E-state index in [2.05, 4.69) is 4.98 Å². The van der Waals surface area contributed by atoms with Crippen LogP contribution in [0.3, 0.4) is 0 Å². The van der Waals surface area contributed by atoms with Crippen molar-refractivity contribution in [1.82, 2.24) is 4.98 Å². The first kappa shape index (κ1) is 18.2. The van der Waals surface area contributed by atoms with Crippen LogP contribution in [0.4, 0.5) is 13.2 Å². The van der Waals surface area contributed by atoms with Crippen molar-refractivity contribution in [2.24, 2.45) is 5.14 Å². The Morgan fingerprint density at radius 3 is 2.21 bits per heavy atom. The molecule has 24 heavy (non-hydrogen) atoms. The number of hydrogen-bond donors (Lipinski definition) is 1. The Hall–Kier alpha value is -2.13. The van der Waals surface area contributed by atoms with E-state index in [9.17, 15) is 21.6 Å². The highest BCUT2D eigenvalue weighted by molar-refractivity contribution is 7.89. The summed E-state index contributed by atoms with van der Waals surface area (Å²) in [7, 11) is -2.68. The van der Waals surface area contributed by atoms with Crippen LogP contribution >= 0.6 is 0 Å². The third kappa shape index (κ3) is 3.51. The molecule has 0 spiro atoms. The van der Waals surface area contributed by atoms with E-state index in [1.165, 1.54) is 25.3 Å². The van der Waals surface area contributed by atoms with Gasteiger partial charge in [0.2, 0.25) is 15.9 Å². The zero-order valence-corrected chi connectivity index (χ0v) is 13.9. The number of hydrogen-bond acceptors (Lipinski definition) is 4. The summed E-state index contributed by atoms with van der Waals surface area (Å²) < 4.78 is 66.4. The number of sulfonamides is 1. The van der Waals surface area contributed by atoms with Crippen LogP contribution < -0.4 is 9.88 Å². The number of halogens is 3. The number of primary sulfonamides is 1. The average Bonchev–Trinajstić information content (AvgIpc) is 2.46. The van der Waals surface area contributed by atoms with Gasteiger partial charge < -0.3 is 4.74 Å². The second-order valence-electron chi connectivity index (χ2n) is 5.23. The van der Waals surface area contributed by atoms with Crippen LogP contribution in [0.15, 0.2) is 29.2 Å². The lowest BCUT2D eigenvalue weighted by atomic mass is 9.99. The summed E-state index contributed by atoms with van der Waals surface area (Å²) in [6, 6.07) is 4.99. The van der Waals surface area contributed by atoms with Gasteiger partial charge >= 0.3 is 6.18 Å². The second kappa shape index (κ2) is 6.06. The minimum atomic E-state index is -4.59. The molecule has 2 rings (SSSR count). The Morgan fingerprint density at radius 1 is 1.08 bits per heavy atom. The van der Waals surface area contributed by atoms with Crippen molar-refractivity contribution in [3.8, 4) is 17.0 Å². The third-order valence-electron chi connectivity index (χ3n) is 3.46. The summed E-state index contributed by atoms with van der Waals surface area (Å²) in [5.74, 6) is -0.198. The number of methoxy groups -OCH3 is 1. The van der Waals surface area contributed by atoms with Crippen molar-refractivity contribution in [3.05, 3.63) is 41.1 Å². The van der Waals surface area contributed by atoms with Crippen LogP contribution in [0.2, 0.25) is 0 Å². The predicted molar refractivity (Wildman–Crippen MR) is 82.1 cm³/mol. The van der Waals surface area contributed by atoms with Gasteiger partial charge in [-0.3, -0.25) is 0 Å². The number of aryl methyl sites for hydroxylation is 2. The molecule has 1 heterocycles. The first-order valence-electron chi connectivity index (χ1n) is 6.72. The van der Waals surface area contributed by atoms with Gasteiger partial charge in [-0.1, -0.05) is 0 Å². The summed E-state index contributed by atoms with van der Waals surface area (Å²) in [6.07, 6.45) is -4.59. The summed E-state index contributed by atoms with van der Waals surface area (Å²) in [5, 5.41) is 5.15. The van der Waals surface area contributed by atoms with E-state index in [-0.39, 0.29) is 10.8 Å². The van der Waals surface area contributed by atoms with Crippen LogP contribution in [0.1, 0.15) is 16.8 Å². The second-order valence-corrected chi connectivity index (χ2v) is 6.76. The lowest BCUT2D eigenvalue weighted by molar-refractivity contribution is -0.141. The summed E-state index contributed by atoms with van der Waals surface area (Å²) in [5.41, 5.74) is 0.660. The van der Waals surface area contributed by atoms with Crippen LogP contribution in [-0.2, 0) is 16.2 Å². The molecular weight excluding hydrogens is 345 g/mol. The molecule has 1 aromatic carbocycles. The molecule has 0 aliphatic heterocycles. The number of nitrogens with zero attached hydrogens (tertiary/aromatic N) is 1. The lowest BCUT2D eigenvalue weighted by Gasteiger charge is -2.15. The van der Waals surface area contributed by atoms with Crippen LogP contribution in [0.5, 0.6) is 5.88 Å². The number of rotatable bonds is 3. The summed E-state index contributed by atoms with van der Waals surface area (Å²) in [4.78, 5) is 3.45. The molecule has 0 amide bonds. The number of pyridine rings is 1. The molecule has 0 unspecified atom stereocenters. The van der Waals surface area contributed by atoms with Crippen molar-refractivity contribution in [3.63, 3.8) is 0 Å². The maximum atomic E-state index is 12.8. The first-order valence-corrected chi connectivity index (χ1v) is 8.26. The Bertz CT molecular complexity index is 894. The Kier molecular flexibility index (Phi) is 4.60. The molecule has 5 nitrogen and oxygen atoms in total. The van der Waals surface area contributed by atoms with Crippen LogP contribution in [-0.4, -0.2) is 20.5 Å². The molecule has 2 aromatic rings. The third-order valence-corrected chi connectivity index (χ3v) is 4.52. The van der Waals surface area contributed by atoms with Gasteiger partial charge in [0.05, 0.1) is 12.0 Å². The van der Waals surface area contributed by atoms with Crippen LogP contribution in [0, 0.1) is 13.8 Å². The van der Waals surface area contributed by atoms with Crippen molar-refractivity contribution >= 4 is 10.0 Å². The van der Waals surface area contributed by atoms with Crippen molar-refractivity contribution in [2.45, 2.75) is 24.9 Å². The Labute approximate surface area is 137 Å². The largest absolute Gasteiger partial charge is 0.481 e. The maximum Gasteiger partial charge on any atom is 0.433 e. The molecule has 0 radical (unpaired) electrons. The van der Waals surface area contributed by atoms with E-state index < -0.39 is 21.9 Å². The van der Waals surface area contributed by atoms with Gasteiger partial charge in [0, 0.05) is 5.56 Å². The molecule has 0 bridgehead atoms. The van der Waals surface area contributed by atoms with Gasteiger partial charge in [-0.25, -0.2) is 18.5 Å². The number of benzene rings is 1. The van der Waals surface area contributed by atoms with Crippen molar-refractivity contribution < 1.29 is 26.3 Å². The van der Waals surface area contributed by atoms with Crippen molar-refractivity contribution in [2.75, 3.05) is 7.11 Å². The van der Waals surface area contributed by atoms with Gasteiger partial charge in [-0.2, -0.15) is 13.2 Å². The fourth-order valence-electron chi connectivity index (χ4n) is 2.35. The molecule has 0 saturated carbocycles. The monoisotopic (exact) mass is 360 g/mol. The zero-order valence-electron chi connectivity index (χ0n) is 13.1. The van der Waals surface area contributed by atoms with Gasteiger partial charge in [0.25, 0.3) is 0 Å². The smallest absolute Gasteiger partial charge is 0.433 e. The number of aromatic nitrogens is 1.